The molecule has 2 saturated carbocycles. The first-order valence-electron chi connectivity index (χ1n) is 8.12. The summed E-state index contributed by atoms with van der Waals surface area (Å²) in [7, 11) is 0. The van der Waals surface area contributed by atoms with Gasteiger partial charge in [-0.1, -0.05) is 20.8 Å². The summed E-state index contributed by atoms with van der Waals surface area (Å²) in [6.45, 7) is 12.1. The van der Waals surface area contributed by atoms with Gasteiger partial charge in [0, 0.05) is 23.7 Å². The summed E-state index contributed by atoms with van der Waals surface area (Å²) in [5, 5.41) is 3.16. The van der Waals surface area contributed by atoms with Gasteiger partial charge >= 0.3 is 0 Å². The maximum atomic E-state index is 6.37. The van der Waals surface area contributed by atoms with E-state index in [2.05, 4.69) is 36.1 Å². The van der Waals surface area contributed by atoms with E-state index in [1.165, 1.54) is 12.8 Å². The fourth-order valence-corrected chi connectivity index (χ4v) is 4.23. The molecule has 3 rings (SSSR count). The smallest absolute Gasteiger partial charge is 0.225 e. The monoisotopic (exact) mass is 289 g/mol. The number of hydrogen-bond donors (Lipinski definition) is 1. The van der Waals surface area contributed by atoms with Crippen molar-refractivity contribution in [1.82, 2.24) is 9.97 Å². The number of nitrogens with zero attached hydrogens (tertiary/aromatic N) is 2. The molecular formula is C17H27N3O. The van der Waals surface area contributed by atoms with Crippen molar-refractivity contribution in [2.24, 2.45) is 16.7 Å². The molecule has 2 bridgehead atoms. The Hall–Kier alpha value is -1.32. The lowest BCUT2D eigenvalue weighted by Crippen LogP contribution is -2.39. The summed E-state index contributed by atoms with van der Waals surface area (Å²) in [5.74, 6) is 2.18. The topological polar surface area (TPSA) is 47.0 Å². The predicted molar refractivity (Wildman–Crippen MR) is 84.6 cm³/mol. The largest absolute Gasteiger partial charge is 0.473 e. The average molecular weight is 289 g/mol. The van der Waals surface area contributed by atoms with Crippen LogP contribution in [0.15, 0.2) is 6.20 Å². The van der Waals surface area contributed by atoms with Crippen LogP contribution in [0.4, 0.5) is 5.95 Å². The van der Waals surface area contributed by atoms with Gasteiger partial charge in [-0.05, 0) is 44.4 Å². The molecule has 1 aromatic heterocycles. The maximum Gasteiger partial charge on any atom is 0.225 e. The molecule has 2 aliphatic carbocycles. The number of aromatic nitrogens is 2. The average Bonchev–Trinajstić information content (AvgIpc) is 2.76. The molecule has 0 aromatic carbocycles. The molecule has 0 radical (unpaired) electrons. The van der Waals surface area contributed by atoms with Crippen molar-refractivity contribution in [1.29, 1.82) is 0 Å². The Morgan fingerprint density at radius 3 is 2.71 bits per heavy atom. The second kappa shape index (κ2) is 4.85. The van der Waals surface area contributed by atoms with Gasteiger partial charge in [0.2, 0.25) is 11.8 Å². The molecule has 2 aliphatic rings. The van der Waals surface area contributed by atoms with E-state index in [9.17, 15) is 0 Å². The van der Waals surface area contributed by atoms with E-state index in [0.29, 0.717) is 11.4 Å². The molecule has 4 heteroatoms. The highest BCUT2D eigenvalue weighted by Crippen LogP contribution is 2.66. The Labute approximate surface area is 127 Å². The molecule has 2 fully saturated rings. The van der Waals surface area contributed by atoms with Crippen molar-refractivity contribution in [3.63, 3.8) is 0 Å². The van der Waals surface area contributed by atoms with E-state index in [0.717, 1.165) is 30.3 Å². The lowest BCUT2D eigenvalue weighted by Gasteiger charge is -2.38. The molecule has 4 nitrogen and oxygen atoms in total. The lowest BCUT2D eigenvalue weighted by atomic mass is 9.70. The maximum absolute atomic E-state index is 6.37. The predicted octanol–water partition coefficient (Wildman–Crippen LogP) is 3.81. The Balaban J connectivity index is 1.83. The van der Waals surface area contributed by atoms with E-state index in [-0.39, 0.29) is 11.5 Å². The second-order valence-electron chi connectivity index (χ2n) is 7.43. The second-order valence-corrected chi connectivity index (χ2v) is 7.43. The number of rotatable bonds is 4. The minimum absolute atomic E-state index is 0.257. The number of anilines is 1. The van der Waals surface area contributed by atoms with Crippen LogP contribution in [0.2, 0.25) is 0 Å². The standard InChI is InChI=1S/C17H27N3O/c1-6-18-15-19-10-11(2)14(20-15)21-13-9-12-7-8-17(13,5)16(12,3)4/h10,12-13H,6-9H2,1-5H3,(H,18,19,20). The van der Waals surface area contributed by atoms with Crippen molar-refractivity contribution in [2.45, 2.75) is 60.0 Å². The molecule has 1 heterocycles. The quantitative estimate of drug-likeness (QED) is 0.915. The Bertz CT molecular complexity index is 543. The van der Waals surface area contributed by atoms with E-state index in [1.54, 1.807) is 0 Å². The number of hydrogen-bond acceptors (Lipinski definition) is 4. The highest BCUT2D eigenvalue weighted by Gasteiger charge is 2.62. The first kappa shape index (κ1) is 14.6. The Morgan fingerprint density at radius 1 is 1.38 bits per heavy atom. The van der Waals surface area contributed by atoms with Crippen molar-refractivity contribution in [2.75, 3.05) is 11.9 Å². The first-order valence-corrected chi connectivity index (χ1v) is 8.12. The van der Waals surface area contributed by atoms with Crippen LogP contribution in [0, 0.1) is 23.7 Å². The van der Waals surface area contributed by atoms with Gasteiger partial charge in [0.05, 0.1) is 0 Å². The fourth-order valence-electron chi connectivity index (χ4n) is 4.23. The molecule has 3 unspecified atom stereocenters. The number of ether oxygens (including phenoxy) is 1. The summed E-state index contributed by atoms with van der Waals surface area (Å²) in [5.41, 5.74) is 1.64. The van der Waals surface area contributed by atoms with Gasteiger partial charge in [-0.15, -0.1) is 0 Å². The van der Waals surface area contributed by atoms with Gasteiger partial charge in [0.15, 0.2) is 0 Å². The van der Waals surface area contributed by atoms with Gasteiger partial charge in [-0.2, -0.15) is 4.98 Å². The number of fused-ring (bicyclic) bond motifs is 2. The minimum Gasteiger partial charge on any atom is -0.473 e. The number of nitrogens with one attached hydrogen (secondary N) is 1. The minimum atomic E-state index is 0.257. The molecule has 116 valence electrons. The van der Waals surface area contributed by atoms with Gasteiger partial charge in [0.1, 0.15) is 6.10 Å². The van der Waals surface area contributed by atoms with Crippen LogP contribution < -0.4 is 10.1 Å². The Kier molecular flexibility index (Phi) is 3.38. The van der Waals surface area contributed by atoms with E-state index < -0.39 is 0 Å². The molecule has 3 atom stereocenters. The molecule has 0 aliphatic heterocycles. The third-order valence-electron chi connectivity index (χ3n) is 6.23. The van der Waals surface area contributed by atoms with Gasteiger partial charge in [-0.25, -0.2) is 4.98 Å². The van der Waals surface area contributed by atoms with E-state index >= 15 is 0 Å². The van der Waals surface area contributed by atoms with Crippen LogP contribution in [-0.2, 0) is 0 Å². The summed E-state index contributed by atoms with van der Waals surface area (Å²) in [6, 6.07) is 0. The highest BCUT2D eigenvalue weighted by atomic mass is 16.5. The molecule has 0 spiro atoms. The molecule has 0 saturated heterocycles. The summed E-state index contributed by atoms with van der Waals surface area (Å²) < 4.78 is 6.37. The third kappa shape index (κ3) is 2.11. The molecule has 0 amide bonds. The van der Waals surface area contributed by atoms with Crippen molar-refractivity contribution in [3.05, 3.63) is 11.8 Å². The van der Waals surface area contributed by atoms with Gasteiger partial charge in [-0.3, -0.25) is 0 Å². The third-order valence-corrected chi connectivity index (χ3v) is 6.23. The van der Waals surface area contributed by atoms with Gasteiger partial charge < -0.3 is 10.1 Å². The normalized spacial score (nSPS) is 33.2. The molecule has 1 N–H and O–H groups in total. The molecular weight excluding hydrogens is 262 g/mol. The summed E-state index contributed by atoms with van der Waals surface area (Å²) in [4.78, 5) is 8.84. The van der Waals surface area contributed by atoms with Crippen LogP contribution in [-0.4, -0.2) is 22.6 Å². The van der Waals surface area contributed by atoms with Crippen LogP contribution in [0.25, 0.3) is 0 Å². The molecule has 21 heavy (non-hydrogen) atoms. The summed E-state index contributed by atoms with van der Waals surface area (Å²) in [6.07, 6.45) is 5.88. The SMILES string of the molecule is CCNc1ncc(C)c(OC2CC3CCC2(C)C3(C)C)n1. The van der Waals surface area contributed by atoms with Crippen LogP contribution in [0.3, 0.4) is 0 Å². The van der Waals surface area contributed by atoms with Crippen LogP contribution >= 0.6 is 0 Å². The highest BCUT2D eigenvalue weighted by molar-refractivity contribution is 5.33. The molecule has 1 aromatic rings. The van der Waals surface area contributed by atoms with Crippen LogP contribution in [0.5, 0.6) is 5.88 Å². The van der Waals surface area contributed by atoms with Crippen molar-refractivity contribution >= 4 is 5.95 Å². The summed E-state index contributed by atoms with van der Waals surface area (Å²) >= 11 is 0. The zero-order chi connectivity index (χ0) is 15.3. The zero-order valence-corrected chi connectivity index (χ0v) is 13.9. The van der Waals surface area contributed by atoms with E-state index in [1.807, 2.05) is 20.0 Å². The van der Waals surface area contributed by atoms with Gasteiger partial charge in [0.25, 0.3) is 0 Å². The van der Waals surface area contributed by atoms with Crippen molar-refractivity contribution in [3.8, 4) is 5.88 Å². The lowest BCUT2D eigenvalue weighted by molar-refractivity contribution is 0.0268. The van der Waals surface area contributed by atoms with E-state index in [4.69, 9.17) is 4.74 Å². The zero-order valence-electron chi connectivity index (χ0n) is 13.9. The van der Waals surface area contributed by atoms with Crippen LogP contribution in [0.1, 0.15) is 52.5 Å². The fraction of sp³-hybridized carbons (Fsp3) is 0.765. The first-order chi connectivity index (χ1) is 9.88. The Morgan fingerprint density at radius 2 is 2.14 bits per heavy atom. The van der Waals surface area contributed by atoms with Crippen molar-refractivity contribution < 1.29 is 4.74 Å². The number of aryl methyl sites for hydroxylation is 1.